The summed E-state index contributed by atoms with van der Waals surface area (Å²) in [5, 5.41) is 12.2. The summed E-state index contributed by atoms with van der Waals surface area (Å²) in [7, 11) is -7.20. The van der Waals surface area contributed by atoms with Gasteiger partial charge in [-0.1, -0.05) is 19.9 Å². The van der Waals surface area contributed by atoms with Crippen LogP contribution in [-0.4, -0.2) is 84.9 Å². The predicted octanol–water partition coefficient (Wildman–Crippen LogP) is 5.00. The second-order valence-corrected chi connectivity index (χ2v) is 17.6. The van der Waals surface area contributed by atoms with E-state index in [1.807, 2.05) is 52.8 Å². The molecule has 1 amide bonds. The number of nitrogens with zero attached hydrogens (tertiary/aromatic N) is 3. The second-order valence-electron chi connectivity index (χ2n) is 14.4. The summed E-state index contributed by atoms with van der Waals surface area (Å²) in [5.74, 6) is -1.49. The molecule has 16 heteroatoms. The van der Waals surface area contributed by atoms with Crippen LogP contribution in [-0.2, 0) is 51.3 Å². The first-order valence-corrected chi connectivity index (χ1v) is 20.6. The molecule has 1 aromatic heterocycles. The fraction of sp³-hybridized carbons (Fsp3) is 0.421. The first kappa shape index (κ1) is 40.5. The van der Waals surface area contributed by atoms with E-state index >= 15 is 0 Å². The summed E-state index contributed by atoms with van der Waals surface area (Å²) in [6.07, 6.45) is 11.0. The van der Waals surface area contributed by atoms with Gasteiger partial charge in [0.15, 0.2) is 5.71 Å². The Morgan fingerprint density at radius 3 is 2.35 bits per heavy atom. The average Bonchev–Trinajstić information content (AvgIpc) is 3.76. The monoisotopic (exact) mass is 782 g/mol. The van der Waals surface area contributed by atoms with Gasteiger partial charge in [-0.3, -0.25) is 13.5 Å². The molecular weight excluding hydrogens is 735 g/mol. The highest BCUT2D eigenvalue weighted by Gasteiger charge is 2.45. The third-order valence-corrected chi connectivity index (χ3v) is 12.4. The quantitative estimate of drug-likeness (QED) is 0.0660. The minimum absolute atomic E-state index is 0.0842. The Kier molecular flexibility index (Phi) is 11.7. The maximum Gasteiger partial charge on any atom is 0.326 e. The predicted molar refractivity (Wildman–Crippen MR) is 203 cm³/mol. The molecule has 0 saturated carbocycles. The largest absolute Gasteiger partial charge is 0.480 e. The smallest absolute Gasteiger partial charge is 0.326 e. The van der Waals surface area contributed by atoms with Crippen molar-refractivity contribution in [3.8, 4) is 0 Å². The van der Waals surface area contributed by atoms with Crippen molar-refractivity contribution in [2.75, 3.05) is 25.1 Å². The van der Waals surface area contributed by atoms with Gasteiger partial charge >= 0.3 is 5.97 Å². The lowest BCUT2D eigenvalue weighted by Gasteiger charge is -2.25. The molecule has 3 aromatic rings. The van der Waals surface area contributed by atoms with Crippen LogP contribution < -0.4 is 10.2 Å². The topological polar surface area (TPSA) is 199 Å². The molecule has 2 aromatic carbocycles. The Balaban J connectivity index is 1.38. The number of rotatable bonds is 16. The van der Waals surface area contributed by atoms with Gasteiger partial charge in [-0.25, -0.2) is 9.78 Å². The maximum atomic E-state index is 12.6. The molecule has 0 bridgehead atoms. The van der Waals surface area contributed by atoms with E-state index in [0.717, 1.165) is 41.0 Å². The number of carbonyl (C=O) groups is 2. The number of unbranched alkanes of at least 4 members (excludes halogenated alkanes) is 2. The molecule has 0 radical (unpaired) electrons. The van der Waals surface area contributed by atoms with E-state index in [4.69, 9.17) is 4.18 Å². The fourth-order valence-corrected chi connectivity index (χ4v) is 8.54. The highest BCUT2D eigenvalue weighted by molar-refractivity contribution is 7.86. The summed E-state index contributed by atoms with van der Waals surface area (Å²) in [6.45, 7) is 11.3. The van der Waals surface area contributed by atoms with Crippen LogP contribution in [0, 0.1) is 0 Å². The number of H-pyrrole nitrogens is 1. The molecule has 2 aliphatic rings. The first-order valence-electron chi connectivity index (χ1n) is 17.7. The van der Waals surface area contributed by atoms with Crippen molar-refractivity contribution < 1.29 is 44.8 Å². The lowest BCUT2D eigenvalue weighted by molar-refractivity contribution is -0.438. The second kappa shape index (κ2) is 15.6. The summed E-state index contributed by atoms with van der Waals surface area (Å²) < 4.78 is 66.0. The molecule has 0 spiro atoms. The number of allylic oxidation sites excluding steroid dienone is 4. The van der Waals surface area contributed by atoms with Gasteiger partial charge < -0.3 is 20.3 Å². The molecule has 0 aliphatic carbocycles. The highest BCUT2D eigenvalue weighted by atomic mass is 32.2. The molecule has 1 atom stereocenters. The SMILES string of the molecule is CCN1C(=CC=CC2=[N+](CCCCCC(=O)NC(Cc3cnc[nH]3)C(=O)O)c3ccc(S(=O)(=O)O)cc3C2(C)C)C(C)(C)c2cc(S(=O)(=O)OC)ccc21. The van der Waals surface area contributed by atoms with Gasteiger partial charge in [-0.15, -0.1) is 0 Å². The zero-order valence-electron chi connectivity index (χ0n) is 31.3. The van der Waals surface area contributed by atoms with E-state index in [1.165, 1.54) is 24.7 Å². The number of aliphatic carboxylic acids is 1. The van der Waals surface area contributed by atoms with E-state index in [0.29, 0.717) is 38.0 Å². The van der Waals surface area contributed by atoms with Crippen molar-refractivity contribution in [1.82, 2.24) is 15.3 Å². The Hall–Kier alpha value is -4.64. The van der Waals surface area contributed by atoms with E-state index in [9.17, 15) is 36.1 Å². The van der Waals surface area contributed by atoms with Gasteiger partial charge in [0.25, 0.3) is 20.2 Å². The van der Waals surface area contributed by atoms with Crippen LogP contribution in [0.1, 0.15) is 77.1 Å². The van der Waals surface area contributed by atoms with E-state index in [-0.39, 0.29) is 28.5 Å². The Labute approximate surface area is 316 Å². The molecule has 1 unspecified atom stereocenters. The zero-order valence-corrected chi connectivity index (χ0v) is 32.9. The molecule has 0 saturated heterocycles. The summed E-state index contributed by atoms with van der Waals surface area (Å²) in [6, 6.07) is 8.51. The number of carbonyl (C=O) groups excluding carboxylic acids is 1. The Bertz CT molecular complexity index is 2240. The lowest BCUT2D eigenvalue weighted by Crippen LogP contribution is -2.42. The summed E-state index contributed by atoms with van der Waals surface area (Å²) in [4.78, 5) is 33.1. The van der Waals surface area contributed by atoms with Crippen molar-refractivity contribution in [2.24, 2.45) is 0 Å². The average molecular weight is 783 g/mol. The number of carboxylic acid groups (broad SMARTS) is 1. The lowest BCUT2D eigenvalue weighted by atomic mass is 9.81. The van der Waals surface area contributed by atoms with E-state index < -0.39 is 43.1 Å². The van der Waals surface area contributed by atoms with Crippen molar-refractivity contribution >= 4 is 49.2 Å². The number of carboxylic acids is 1. The van der Waals surface area contributed by atoms with E-state index in [2.05, 4.69) is 24.8 Å². The first-order chi connectivity index (χ1) is 25.3. The van der Waals surface area contributed by atoms with Gasteiger partial charge in [-0.2, -0.15) is 21.4 Å². The van der Waals surface area contributed by atoms with Crippen molar-refractivity contribution in [3.05, 3.63) is 89.7 Å². The number of amides is 1. The number of likely N-dealkylation sites (N-methyl/N-ethyl adjacent to an activating group) is 1. The van der Waals surface area contributed by atoms with Crippen LogP contribution in [0.2, 0.25) is 0 Å². The number of nitrogens with one attached hydrogen (secondary N) is 2. The van der Waals surface area contributed by atoms with Crippen LogP contribution in [0.3, 0.4) is 0 Å². The number of benzene rings is 2. The number of fused-ring (bicyclic) bond motifs is 2. The van der Waals surface area contributed by atoms with Crippen molar-refractivity contribution in [2.45, 2.75) is 93.4 Å². The molecule has 54 heavy (non-hydrogen) atoms. The minimum atomic E-state index is -4.45. The van der Waals surface area contributed by atoms with Gasteiger partial charge in [0.1, 0.15) is 12.6 Å². The Morgan fingerprint density at radius 2 is 1.72 bits per heavy atom. The van der Waals surface area contributed by atoms with Crippen LogP contribution in [0.15, 0.2) is 82.6 Å². The molecular formula is C38H48N5O9S2+. The normalized spacial score (nSPS) is 17.6. The minimum Gasteiger partial charge on any atom is -0.480 e. The van der Waals surface area contributed by atoms with Gasteiger partial charge in [0, 0.05) is 72.2 Å². The number of aromatic nitrogens is 2. The summed E-state index contributed by atoms with van der Waals surface area (Å²) >= 11 is 0. The van der Waals surface area contributed by atoms with Crippen LogP contribution in [0.4, 0.5) is 11.4 Å². The molecule has 5 rings (SSSR count). The van der Waals surface area contributed by atoms with E-state index in [1.54, 1.807) is 24.3 Å². The third-order valence-electron chi connectivity index (χ3n) is 10.3. The molecule has 0 fully saturated rings. The van der Waals surface area contributed by atoms with Crippen LogP contribution in [0.5, 0.6) is 0 Å². The highest BCUT2D eigenvalue weighted by Crippen LogP contribution is 2.48. The maximum absolute atomic E-state index is 12.6. The number of aromatic amines is 1. The molecule has 14 nitrogen and oxygen atoms in total. The fourth-order valence-electron chi connectivity index (χ4n) is 7.35. The summed E-state index contributed by atoms with van der Waals surface area (Å²) in [5.41, 5.74) is 4.55. The zero-order chi connectivity index (χ0) is 39.6. The number of anilines is 1. The van der Waals surface area contributed by atoms with Crippen LogP contribution in [0.25, 0.3) is 0 Å². The molecule has 3 heterocycles. The third kappa shape index (κ3) is 8.21. The number of hydrogen-bond acceptors (Lipinski definition) is 9. The van der Waals surface area contributed by atoms with Gasteiger partial charge in [-0.05, 0) is 75.6 Å². The number of hydrogen-bond donors (Lipinski definition) is 4. The Morgan fingerprint density at radius 1 is 1.02 bits per heavy atom. The van der Waals surface area contributed by atoms with Crippen LogP contribution >= 0.6 is 0 Å². The standard InChI is InChI=1S/C38H47N5O9S2/c1-7-42-31-18-16-27(54(50,51)52-6)22-29(31)37(2,3)33(42)12-11-13-34-38(4,5)28-21-26(53(47,48)49)15-17-32(28)43(34)19-10-8-9-14-35(44)41-30(36(45)46)20-25-23-39-24-40-25/h11-13,15-18,21-24,30H,7-10,14,19-20H2,1-6H3,(H3-,39,40,41,44,45,46,47,48,49)/p+1. The molecule has 290 valence electrons. The van der Waals surface area contributed by atoms with Crippen molar-refractivity contribution in [1.29, 1.82) is 0 Å². The molecule has 4 N–H and O–H groups in total. The van der Waals surface area contributed by atoms with Gasteiger partial charge in [0.05, 0.1) is 28.6 Å². The van der Waals surface area contributed by atoms with Gasteiger partial charge in [0.2, 0.25) is 11.6 Å². The molecule has 2 aliphatic heterocycles. The number of imidazole rings is 1. The van der Waals surface area contributed by atoms with Crippen molar-refractivity contribution in [3.63, 3.8) is 0 Å².